The van der Waals surface area contributed by atoms with E-state index in [1.165, 1.54) is 13.2 Å². The molecule has 0 amide bonds. The van der Waals surface area contributed by atoms with Crippen molar-refractivity contribution in [1.29, 1.82) is 0 Å². The van der Waals surface area contributed by atoms with Crippen LogP contribution in [-0.2, 0) is 6.54 Å². The van der Waals surface area contributed by atoms with Crippen molar-refractivity contribution < 1.29 is 13.7 Å². The topological polar surface area (TPSA) is 60.2 Å². The molecule has 0 fully saturated rings. The Hall–Kier alpha value is -1.95. The van der Waals surface area contributed by atoms with Gasteiger partial charge in [0.15, 0.2) is 5.82 Å². The highest BCUT2D eigenvalue weighted by Crippen LogP contribution is 2.24. The minimum Gasteiger partial charge on any atom is -0.497 e. The zero-order valence-electron chi connectivity index (χ0n) is 11.1. The van der Waals surface area contributed by atoms with Gasteiger partial charge in [0.2, 0.25) is 0 Å². The Morgan fingerprint density at radius 3 is 2.84 bits per heavy atom. The van der Waals surface area contributed by atoms with E-state index in [4.69, 9.17) is 9.26 Å². The quantitative estimate of drug-likeness (QED) is 0.899. The molecule has 5 nitrogen and oxygen atoms in total. The highest BCUT2D eigenvalue weighted by Gasteiger charge is 2.14. The molecule has 0 spiro atoms. The molecule has 6 heteroatoms. The van der Waals surface area contributed by atoms with Crippen molar-refractivity contribution >= 4 is 0 Å². The lowest BCUT2D eigenvalue weighted by molar-refractivity contribution is 0.408. The molecule has 1 aromatic carbocycles. The number of hydrogen-bond acceptors (Lipinski definition) is 5. The average molecular weight is 265 g/mol. The Balaban J connectivity index is 2.18. The number of nitrogens with zero attached hydrogens (tertiary/aromatic N) is 2. The van der Waals surface area contributed by atoms with Crippen LogP contribution < -0.4 is 10.1 Å². The normalized spacial score (nSPS) is 11.0. The maximum Gasteiger partial charge on any atom is 0.260 e. The third-order valence-corrected chi connectivity index (χ3v) is 2.54. The van der Waals surface area contributed by atoms with Crippen molar-refractivity contribution in [2.45, 2.75) is 26.4 Å². The van der Waals surface area contributed by atoms with Gasteiger partial charge in [0.25, 0.3) is 5.89 Å². The van der Waals surface area contributed by atoms with Gasteiger partial charge < -0.3 is 14.6 Å². The van der Waals surface area contributed by atoms with E-state index in [2.05, 4.69) is 15.5 Å². The van der Waals surface area contributed by atoms with Gasteiger partial charge in [0.05, 0.1) is 19.2 Å². The van der Waals surface area contributed by atoms with Gasteiger partial charge in [-0.05, 0) is 12.1 Å². The Kier molecular flexibility index (Phi) is 4.11. The van der Waals surface area contributed by atoms with Gasteiger partial charge in [-0.2, -0.15) is 4.98 Å². The van der Waals surface area contributed by atoms with E-state index in [0.717, 1.165) is 0 Å². The molecule has 2 rings (SSSR count). The lowest BCUT2D eigenvalue weighted by Crippen LogP contribution is -2.22. The monoisotopic (exact) mass is 265 g/mol. The second-order valence-corrected chi connectivity index (χ2v) is 4.40. The third-order valence-electron chi connectivity index (χ3n) is 2.54. The van der Waals surface area contributed by atoms with E-state index in [9.17, 15) is 4.39 Å². The fourth-order valence-corrected chi connectivity index (χ4v) is 1.53. The summed E-state index contributed by atoms with van der Waals surface area (Å²) in [6.07, 6.45) is 0. The number of methoxy groups -OCH3 is 1. The van der Waals surface area contributed by atoms with Crippen LogP contribution >= 0.6 is 0 Å². The molecule has 0 saturated carbocycles. The summed E-state index contributed by atoms with van der Waals surface area (Å²) in [7, 11) is 1.48. The largest absolute Gasteiger partial charge is 0.497 e. The highest BCUT2D eigenvalue weighted by atomic mass is 19.1. The van der Waals surface area contributed by atoms with Gasteiger partial charge in [-0.25, -0.2) is 4.39 Å². The predicted octanol–water partition coefficient (Wildman–Crippen LogP) is 2.38. The third kappa shape index (κ3) is 3.29. The first-order valence-electron chi connectivity index (χ1n) is 6.00. The molecule has 0 saturated heterocycles. The molecule has 1 aromatic heterocycles. The summed E-state index contributed by atoms with van der Waals surface area (Å²) in [4.78, 5) is 4.15. The van der Waals surface area contributed by atoms with Crippen molar-refractivity contribution in [3.8, 4) is 17.2 Å². The first-order valence-corrected chi connectivity index (χ1v) is 6.00. The number of benzene rings is 1. The molecule has 0 aliphatic heterocycles. The van der Waals surface area contributed by atoms with Crippen molar-refractivity contribution in [3.63, 3.8) is 0 Å². The average Bonchev–Trinajstić information content (AvgIpc) is 2.84. The second-order valence-electron chi connectivity index (χ2n) is 4.40. The Morgan fingerprint density at radius 2 is 2.21 bits per heavy atom. The van der Waals surface area contributed by atoms with Crippen LogP contribution in [0, 0.1) is 5.82 Å². The van der Waals surface area contributed by atoms with Crippen LogP contribution in [0.4, 0.5) is 4.39 Å². The zero-order valence-corrected chi connectivity index (χ0v) is 11.1. The summed E-state index contributed by atoms with van der Waals surface area (Å²) in [5, 5.41) is 6.96. The lowest BCUT2D eigenvalue weighted by atomic mass is 10.2. The van der Waals surface area contributed by atoms with Crippen molar-refractivity contribution in [3.05, 3.63) is 29.8 Å². The summed E-state index contributed by atoms with van der Waals surface area (Å²) < 4.78 is 23.8. The van der Waals surface area contributed by atoms with E-state index in [1.807, 2.05) is 13.8 Å². The molecule has 19 heavy (non-hydrogen) atoms. The molecular weight excluding hydrogens is 249 g/mol. The maximum absolute atomic E-state index is 13.8. The maximum atomic E-state index is 13.8. The Morgan fingerprint density at radius 1 is 1.42 bits per heavy atom. The molecule has 0 unspecified atom stereocenters. The second kappa shape index (κ2) is 5.79. The smallest absolute Gasteiger partial charge is 0.260 e. The summed E-state index contributed by atoms with van der Waals surface area (Å²) in [5.74, 6) is 0.661. The number of rotatable bonds is 5. The molecule has 1 N–H and O–H groups in total. The Labute approximate surface area is 110 Å². The number of hydrogen-bond donors (Lipinski definition) is 1. The SMILES string of the molecule is COc1ccc(-c2nc(CNC(C)C)no2)c(F)c1. The molecule has 102 valence electrons. The van der Waals surface area contributed by atoms with E-state index in [1.54, 1.807) is 12.1 Å². The fraction of sp³-hybridized carbons (Fsp3) is 0.385. The van der Waals surface area contributed by atoms with E-state index >= 15 is 0 Å². The van der Waals surface area contributed by atoms with Crippen molar-refractivity contribution in [1.82, 2.24) is 15.5 Å². The molecule has 0 atom stereocenters. The summed E-state index contributed by atoms with van der Waals surface area (Å²) in [6, 6.07) is 4.81. The molecule has 0 aliphatic rings. The number of ether oxygens (including phenoxy) is 1. The molecule has 0 radical (unpaired) electrons. The first kappa shape index (κ1) is 13.5. The fourth-order valence-electron chi connectivity index (χ4n) is 1.53. The minimum atomic E-state index is -0.452. The Bertz CT molecular complexity index is 555. The van der Waals surface area contributed by atoms with Crippen LogP contribution in [0.15, 0.2) is 22.7 Å². The van der Waals surface area contributed by atoms with Gasteiger partial charge >= 0.3 is 0 Å². The predicted molar refractivity (Wildman–Crippen MR) is 68.2 cm³/mol. The molecule has 0 bridgehead atoms. The van der Waals surface area contributed by atoms with Gasteiger partial charge in [0.1, 0.15) is 11.6 Å². The van der Waals surface area contributed by atoms with Crippen LogP contribution in [0.1, 0.15) is 19.7 Å². The molecule has 1 heterocycles. The number of nitrogens with one attached hydrogen (secondary N) is 1. The number of aromatic nitrogens is 2. The molecular formula is C13H16FN3O2. The van der Waals surface area contributed by atoms with E-state index < -0.39 is 5.82 Å². The van der Waals surface area contributed by atoms with Crippen LogP contribution in [-0.4, -0.2) is 23.3 Å². The van der Waals surface area contributed by atoms with Gasteiger partial charge in [-0.15, -0.1) is 0 Å². The van der Waals surface area contributed by atoms with Crippen LogP contribution in [0.3, 0.4) is 0 Å². The lowest BCUT2D eigenvalue weighted by Gasteiger charge is -2.03. The van der Waals surface area contributed by atoms with Gasteiger partial charge in [-0.3, -0.25) is 0 Å². The first-order chi connectivity index (χ1) is 9.10. The highest BCUT2D eigenvalue weighted by molar-refractivity contribution is 5.55. The summed E-state index contributed by atoms with van der Waals surface area (Å²) in [5.41, 5.74) is 0.268. The van der Waals surface area contributed by atoms with Crippen LogP contribution in [0.2, 0.25) is 0 Å². The van der Waals surface area contributed by atoms with Crippen molar-refractivity contribution in [2.24, 2.45) is 0 Å². The number of halogens is 1. The van der Waals surface area contributed by atoms with E-state index in [-0.39, 0.29) is 11.5 Å². The standard InChI is InChI=1S/C13H16FN3O2/c1-8(2)15-7-12-16-13(19-17-12)10-5-4-9(18-3)6-11(10)14/h4-6,8,15H,7H2,1-3H3. The van der Waals surface area contributed by atoms with Crippen LogP contribution in [0.25, 0.3) is 11.5 Å². The molecule has 0 aliphatic carbocycles. The zero-order chi connectivity index (χ0) is 13.8. The van der Waals surface area contributed by atoms with Gasteiger partial charge in [-0.1, -0.05) is 19.0 Å². The van der Waals surface area contributed by atoms with Crippen LogP contribution in [0.5, 0.6) is 5.75 Å². The van der Waals surface area contributed by atoms with E-state index in [0.29, 0.717) is 24.2 Å². The summed E-state index contributed by atoms with van der Waals surface area (Å²) in [6.45, 7) is 4.52. The van der Waals surface area contributed by atoms with Gasteiger partial charge in [0, 0.05) is 12.1 Å². The summed E-state index contributed by atoms with van der Waals surface area (Å²) >= 11 is 0. The molecule has 2 aromatic rings. The van der Waals surface area contributed by atoms with Crippen molar-refractivity contribution in [2.75, 3.05) is 7.11 Å². The minimum absolute atomic E-state index is 0.167.